The number of fused-ring (bicyclic) bond motifs is 1. The molecule has 0 saturated heterocycles. The summed E-state index contributed by atoms with van der Waals surface area (Å²) in [4.78, 5) is 8.27. The maximum absolute atomic E-state index is 4.22. The quantitative estimate of drug-likeness (QED) is 0.549. The van der Waals surface area contributed by atoms with E-state index < -0.39 is 0 Å². The first kappa shape index (κ1) is 6.36. The summed E-state index contributed by atoms with van der Waals surface area (Å²) in [7, 11) is 1.89. The third kappa shape index (κ3) is 0.894. The topological polar surface area (TPSA) is 53.1 Å². The number of nitrogens with one attached hydrogen (secondary N) is 2. The van der Waals surface area contributed by atoms with Crippen LogP contribution in [0.4, 0.5) is 11.5 Å². The molecule has 0 spiro atoms. The second kappa shape index (κ2) is 2.06. The Labute approximate surface area is 64.4 Å². The van der Waals surface area contributed by atoms with Crippen molar-refractivity contribution < 1.29 is 0 Å². The maximum atomic E-state index is 4.22. The molecule has 2 rings (SSSR count). The molecule has 0 aromatic carbocycles. The fraction of sp³-hybridized carbons (Fsp3) is 0.333. The summed E-state index contributed by atoms with van der Waals surface area (Å²) >= 11 is 0. The van der Waals surface area contributed by atoms with Crippen LogP contribution in [0.3, 0.4) is 0 Å². The molecule has 0 atom stereocenters. The molecule has 2 N–H and O–H groups in total. The molecule has 0 amide bonds. The number of hydrazine groups is 2. The highest BCUT2D eigenvalue weighted by Gasteiger charge is 2.15. The van der Waals surface area contributed by atoms with Crippen LogP contribution in [0.25, 0.3) is 0 Å². The second-order valence-corrected chi connectivity index (χ2v) is 2.45. The van der Waals surface area contributed by atoms with Crippen LogP contribution in [0.5, 0.6) is 0 Å². The molecule has 0 radical (unpaired) electrons. The number of hydrogen-bond donors (Lipinski definition) is 2. The van der Waals surface area contributed by atoms with Crippen molar-refractivity contribution in [1.82, 2.24) is 15.5 Å². The zero-order chi connectivity index (χ0) is 7.84. The van der Waals surface area contributed by atoms with Crippen LogP contribution in [-0.4, -0.2) is 17.0 Å². The van der Waals surface area contributed by atoms with E-state index in [0.717, 1.165) is 17.3 Å². The molecule has 1 aromatic heterocycles. The molecule has 5 heteroatoms. The number of aryl methyl sites for hydroxylation is 1. The van der Waals surface area contributed by atoms with Gasteiger partial charge >= 0.3 is 0 Å². The Balaban J connectivity index is 2.52. The largest absolute Gasteiger partial charge is 0.299 e. The molecular formula is C6H9N5. The standard InChI is InChI=1S/C6H9N5/c1-4-7-3-5-6(8-4)11(2)10-9-5/h3,9-10H,1-2H3. The lowest BCUT2D eigenvalue weighted by Gasteiger charge is -2.07. The Morgan fingerprint density at radius 3 is 3.18 bits per heavy atom. The van der Waals surface area contributed by atoms with Gasteiger partial charge in [0.1, 0.15) is 11.5 Å². The second-order valence-electron chi connectivity index (χ2n) is 2.45. The molecule has 1 aliphatic rings. The average molecular weight is 151 g/mol. The van der Waals surface area contributed by atoms with Gasteiger partial charge in [0.05, 0.1) is 6.20 Å². The lowest BCUT2D eigenvalue weighted by atomic mass is 10.5. The van der Waals surface area contributed by atoms with Crippen molar-refractivity contribution in [2.24, 2.45) is 0 Å². The van der Waals surface area contributed by atoms with Gasteiger partial charge in [-0.25, -0.2) is 9.97 Å². The molecule has 0 fully saturated rings. The third-order valence-corrected chi connectivity index (χ3v) is 1.57. The van der Waals surface area contributed by atoms with Crippen molar-refractivity contribution in [3.05, 3.63) is 12.0 Å². The van der Waals surface area contributed by atoms with Crippen LogP contribution in [0.15, 0.2) is 6.20 Å². The van der Waals surface area contributed by atoms with E-state index in [2.05, 4.69) is 20.9 Å². The van der Waals surface area contributed by atoms with Gasteiger partial charge in [0.15, 0.2) is 5.82 Å². The SMILES string of the molecule is Cc1ncc2c(n1)N(C)NN2. The summed E-state index contributed by atoms with van der Waals surface area (Å²) in [6, 6.07) is 0. The van der Waals surface area contributed by atoms with Crippen LogP contribution >= 0.6 is 0 Å². The van der Waals surface area contributed by atoms with Crippen LogP contribution < -0.4 is 16.0 Å². The molecule has 1 aromatic rings. The van der Waals surface area contributed by atoms with E-state index in [4.69, 9.17) is 0 Å². The van der Waals surface area contributed by atoms with E-state index in [1.807, 2.05) is 19.0 Å². The number of aromatic nitrogens is 2. The summed E-state index contributed by atoms with van der Waals surface area (Å²) < 4.78 is 0. The highest BCUT2D eigenvalue weighted by Crippen LogP contribution is 2.23. The minimum Gasteiger partial charge on any atom is -0.299 e. The Morgan fingerprint density at radius 2 is 2.36 bits per heavy atom. The average Bonchev–Trinajstić information content (AvgIpc) is 2.33. The van der Waals surface area contributed by atoms with Crippen molar-refractivity contribution >= 4 is 11.5 Å². The Hall–Kier alpha value is -1.36. The number of rotatable bonds is 0. The molecular weight excluding hydrogens is 142 g/mol. The number of nitrogens with zero attached hydrogens (tertiary/aromatic N) is 3. The van der Waals surface area contributed by atoms with Gasteiger partial charge in [-0.05, 0) is 6.92 Å². The smallest absolute Gasteiger partial charge is 0.172 e. The van der Waals surface area contributed by atoms with E-state index in [-0.39, 0.29) is 0 Å². The third-order valence-electron chi connectivity index (χ3n) is 1.57. The van der Waals surface area contributed by atoms with E-state index >= 15 is 0 Å². The number of anilines is 2. The van der Waals surface area contributed by atoms with Gasteiger partial charge in [0.2, 0.25) is 0 Å². The first-order chi connectivity index (χ1) is 5.27. The van der Waals surface area contributed by atoms with Crippen molar-refractivity contribution in [2.45, 2.75) is 6.92 Å². The van der Waals surface area contributed by atoms with Crippen LogP contribution in [0, 0.1) is 6.92 Å². The van der Waals surface area contributed by atoms with E-state index in [1.165, 1.54) is 0 Å². The summed E-state index contributed by atoms with van der Waals surface area (Å²) in [5.74, 6) is 1.67. The molecule has 0 unspecified atom stereocenters. The lowest BCUT2D eigenvalue weighted by molar-refractivity contribution is 0.807. The van der Waals surface area contributed by atoms with Gasteiger partial charge in [0.25, 0.3) is 0 Å². The van der Waals surface area contributed by atoms with Gasteiger partial charge < -0.3 is 0 Å². The molecule has 0 aliphatic carbocycles. The van der Waals surface area contributed by atoms with Crippen LogP contribution in [-0.2, 0) is 0 Å². The van der Waals surface area contributed by atoms with Crippen LogP contribution in [0.2, 0.25) is 0 Å². The monoisotopic (exact) mass is 151 g/mol. The highest BCUT2D eigenvalue weighted by molar-refractivity contribution is 5.67. The fourth-order valence-corrected chi connectivity index (χ4v) is 0.999. The Bertz CT molecular complexity index is 284. The van der Waals surface area contributed by atoms with Gasteiger partial charge in [0, 0.05) is 7.05 Å². The molecule has 58 valence electrons. The Kier molecular flexibility index (Phi) is 1.19. The minimum absolute atomic E-state index is 0.779. The molecule has 11 heavy (non-hydrogen) atoms. The first-order valence-electron chi connectivity index (χ1n) is 3.36. The van der Waals surface area contributed by atoms with Crippen molar-refractivity contribution in [1.29, 1.82) is 0 Å². The summed E-state index contributed by atoms with van der Waals surface area (Å²) in [6.45, 7) is 1.87. The molecule has 5 nitrogen and oxygen atoms in total. The first-order valence-corrected chi connectivity index (χ1v) is 3.36. The van der Waals surface area contributed by atoms with Gasteiger partial charge in [-0.15, -0.1) is 5.53 Å². The molecule has 0 bridgehead atoms. The Morgan fingerprint density at radius 1 is 1.55 bits per heavy atom. The minimum atomic E-state index is 0.779. The van der Waals surface area contributed by atoms with Gasteiger partial charge in [-0.3, -0.25) is 10.4 Å². The molecule has 2 heterocycles. The van der Waals surface area contributed by atoms with Crippen molar-refractivity contribution in [2.75, 3.05) is 17.5 Å². The summed E-state index contributed by atoms with van der Waals surface area (Å²) in [5, 5.41) is 1.81. The maximum Gasteiger partial charge on any atom is 0.172 e. The zero-order valence-electron chi connectivity index (χ0n) is 6.42. The van der Waals surface area contributed by atoms with Crippen molar-refractivity contribution in [3.8, 4) is 0 Å². The highest BCUT2D eigenvalue weighted by atomic mass is 15.7. The van der Waals surface area contributed by atoms with E-state index in [0.29, 0.717) is 0 Å². The van der Waals surface area contributed by atoms with E-state index in [1.54, 1.807) is 6.20 Å². The van der Waals surface area contributed by atoms with Gasteiger partial charge in [-0.2, -0.15) is 0 Å². The van der Waals surface area contributed by atoms with Gasteiger partial charge in [-0.1, -0.05) is 0 Å². The molecule has 1 aliphatic heterocycles. The normalized spacial score (nSPS) is 14.5. The number of hydrogen-bond acceptors (Lipinski definition) is 5. The summed E-state index contributed by atoms with van der Waals surface area (Å²) in [5.41, 5.74) is 6.74. The summed E-state index contributed by atoms with van der Waals surface area (Å²) in [6.07, 6.45) is 1.76. The van der Waals surface area contributed by atoms with E-state index in [9.17, 15) is 0 Å². The predicted molar refractivity (Wildman–Crippen MR) is 41.9 cm³/mol. The van der Waals surface area contributed by atoms with Crippen molar-refractivity contribution in [3.63, 3.8) is 0 Å². The fourth-order valence-electron chi connectivity index (χ4n) is 0.999. The zero-order valence-corrected chi connectivity index (χ0v) is 6.42. The molecule has 0 saturated carbocycles. The lowest BCUT2D eigenvalue weighted by Crippen LogP contribution is -2.32. The van der Waals surface area contributed by atoms with Crippen LogP contribution in [0.1, 0.15) is 5.82 Å². The predicted octanol–water partition coefficient (Wildman–Crippen LogP) is 0.0663.